The first kappa shape index (κ1) is 37.5. The monoisotopic (exact) mass is 879 g/mol. The Morgan fingerprint density at radius 1 is 0.353 bits per heavy atom. The minimum Gasteiger partial charge on any atom is -0.291 e. The summed E-state index contributed by atoms with van der Waals surface area (Å²) in [4.78, 5) is 10.3. The van der Waals surface area contributed by atoms with Crippen LogP contribution in [0.1, 0.15) is 0 Å². The van der Waals surface area contributed by atoms with E-state index in [2.05, 4.69) is 217 Å². The van der Waals surface area contributed by atoms with Crippen LogP contribution in [0.3, 0.4) is 0 Å². The second kappa shape index (κ2) is 14.4. The number of rotatable bonds is 4. The second-order valence-corrected chi connectivity index (χ2v) is 19.1. The van der Waals surface area contributed by atoms with E-state index in [0.717, 1.165) is 38.8 Å². The summed E-state index contributed by atoms with van der Waals surface area (Å²) in [7, 11) is 0. The Labute approximate surface area is 394 Å². The van der Waals surface area contributed by atoms with Crippen LogP contribution >= 0.6 is 11.3 Å². The molecule has 0 bridgehead atoms. The molecule has 11 aromatic carbocycles. The molecule has 0 N–H and O–H groups in total. The SMILES string of the molecule is c1ccc2c(c1)ccc1c2ccc2c1nc1c3sc4ccc5ccccc5c4c3cc(-c3ccc(-c4ccc(-c5ccc(-c6cc7cccnc7c7ccccc67)cc5)c5ccccc45)cc3)n21. The maximum Gasteiger partial charge on any atom is 0.156 e. The lowest BCUT2D eigenvalue weighted by molar-refractivity contribution is 1.25. The van der Waals surface area contributed by atoms with Gasteiger partial charge in [0, 0.05) is 37.8 Å². The molecule has 0 fully saturated rings. The zero-order chi connectivity index (χ0) is 44.5. The highest BCUT2D eigenvalue weighted by atomic mass is 32.1. The molecule has 68 heavy (non-hydrogen) atoms. The quantitative estimate of drug-likeness (QED) is 0.165. The molecular formula is C64H37N3S. The van der Waals surface area contributed by atoms with E-state index in [-0.39, 0.29) is 0 Å². The fourth-order valence-corrected chi connectivity index (χ4v) is 12.4. The van der Waals surface area contributed by atoms with Gasteiger partial charge >= 0.3 is 0 Å². The number of hydrogen-bond acceptors (Lipinski definition) is 3. The lowest BCUT2D eigenvalue weighted by Gasteiger charge is -2.14. The molecule has 314 valence electrons. The van der Waals surface area contributed by atoms with Gasteiger partial charge < -0.3 is 0 Å². The summed E-state index contributed by atoms with van der Waals surface area (Å²) in [6, 6.07) is 80.2. The molecular weight excluding hydrogens is 843 g/mol. The first-order valence-corrected chi connectivity index (χ1v) is 24.0. The fourth-order valence-electron chi connectivity index (χ4n) is 11.2. The molecule has 0 aliphatic rings. The van der Waals surface area contributed by atoms with Crippen LogP contribution in [0.5, 0.6) is 0 Å². The van der Waals surface area contributed by atoms with E-state index in [4.69, 9.17) is 9.97 Å². The van der Waals surface area contributed by atoms with Crippen LogP contribution in [-0.2, 0) is 0 Å². The number of pyridine rings is 2. The molecule has 4 heteroatoms. The zero-order valence-electron chi connectivity index (χ0n) is 36.6. The predicted molar refractivity (Wildman–Crippen MR) is 290 cm³/mol. The fraction of sp³-hybridized carbons (Fsp3) is 0. The molecule has 4 heterocycles. The summed E-state index contributed by atoms with van der Waals surface area (Å²) in [5.74, 6) is 0. The molecule has 0 unspecified atom stereocenters. The molecule has 0 aliphatic heterocycles. The topological polar surface area (TPSA) is 30.2 Å². The van der Waals surface area contributed by atoms with Gasteiger partial charge in [-0.1, -0.05) is 188 Å². The van der Waals surface area contributed by atoms with Crippen molar-refractivity contribution in [1.29, 1.82) is 0 Å². The van der Waals surface area contributed by atoms with Crippen LogP contribution in [0.4, 0.5) is 0 Å². The Balaban J connectivity index is 0.869. The van der Waals surface area contributed by atoms with E-state index in [0.29, 0.717) is 0 Å². The van der Waals surface area contributed by atoms with Gasteiger partial charge in [0.2, 0.25) is 0 Å². The average molecular weight is 880 g/mol. The largest absolute Gasteiger partial charge is 0.291 e. The van der Waals surface area contributed by atoms with E-state index in [1.54, 1.807) is 0 Å². The molecule has 0 amide bonds. The highest BCUT2D eigenvalue weighted by molar-refractivity contribution is 7.26. The van der Waals surface area contributed by atoms with Gasteiger partial charge in [-0.25, -0.2) is 4.98 Å². The summed E-state index contributed by atoms with van der Waals surface area (Å²) in [5.41, 5.74) is 13.7. The summed E-state index contributed by atoms with van der Waals surface area (Å²) >= 11 is 1.85. The van der Waals surface area contributed by atoms with Crippen molar-refractivity contribution < 1.29 is 0 Å². The Kier molecular flexibility index (Phi) is 7.94. The number of fused-ring (bicyclic) bond motifs is 17. The molecule has 0 atom stereocenters. The minimum absolute atomic E-state index is 1.00. The molecule has 4 aromatic heterocycles. The van der Waals surface area contributed by atoms with Gasteiger partial charge in [-0.15, -0.1) is 11.3 Å². The average Bonchev–Trinajstić information content (AvgIpc) is 4.00. The van der Waals surface area contributed by atoms with Gasteiger partial charge in [0.25, 0.3) is 0 Å². The number of nitrogens with zero attached hydrogens (tertiary/aromatic N) is 3. The van der Waals surface area contributed by atoms with Gasteiger partial charge in [-0.2, -0.15) is 0 Å². The van der Waals surface area contributed by atoms with Crippen molar-refractivity contribution in [2.75, 3.05) is 0 Å². The summed E-state index contributed by atoms with van der Waals surface area (Å²) < 4.78 is 4.90. The van der Waals surface area contributed by atoms with Crippen LogP contribution in [-0.4, -0.2) is 14.4 Å². The third-order valence-corrected chi connectivity index (χ3v) is 15.6. The van der Waals surface area contributed by atoms with Crippen molar-refractivity contribution in [3.8, 4) is 44.6 Å². The van der Waals surface area contributed by atoms with Crippen molar-refractivity contribution in [3.63, 3.8) is 0 Å². The third-order valence-electron chi connectivity index (χ3n) is 14.4. The first-order chi connectivity index (χ1) is 33.7. The minimum atomic E-state index is 1.00. The van der Waals surface area contributed by atoms with E-state index in [1.165, 1.54) is 107 Å². The molecule has 15 aromatic rings. The number of imidazole rings is 1. The summed E-state index contributed by atoms with van der Waals surface area (Å²) in [6.07, 6.45) is 1.88. The normalized spacial score (nSPS) is 12.1. The van der Waals surface area contributed by atoms with Gasteiger partial charge in [0.05, 0.1) is 26.9 Å². The molecule has 15 rings (SSSR count). The number of hydrogen-bond donors (Lipinski definition) is 0. The van der Waals surface area contributed by atoms with Gasteiger partial charge in [-0.3, -0.25) is 9.38 Å². The van der Waals surface area contributed by atoms with Crippen LogP contribution in [0.15, 0.2) is 225 Å². The molecule has 0 saturated carbocycles. The zero-order valence-corrected chi connectivity index (χ0v) is 37.4. The van der Waals surface area contributed by atoms with E-state index in [1.807, 2.05) is 23.6 Å². The number of benzene rings is 11. The lowest BCUT2D eigenvalue weighted by atomic mass is 9.90. The second-order valence-electron chi connectivity index (χ2n) is 18.0. The number of aromatic nitrogens is 3. The Morgan fingerprint density at radius 2 is 0.897 bits per heavy atom. The van der Waals surface area contributed by atoms with Crippen molar-refractivity contribution >= 4 is 113 Å². The van der Waals surface area contributed by atoms with Crippen LogP contribution in [0, 0.1) is 0 Å². The van der Waals surface area contributed by atoms with E-state index < -0.39 is 0 Å². The highest BCUT2D eigenvalue weighted by Crippen LogP contribution is 2.45. The third kappa shape index (κ3) is 5.47. The Morgan fingerprint density at radius 3 is 1.62 bits per heavy atom. The predicted octanol–water partition coefficient (Wildman–Crippen LogP) is 17.8. The van der Waals surface area contributed by atoms with Crippen molar-refractivity contribution in [1.82, 2.24) is 14.4 Å². The van der Waals surface area contributed by atoms with Crippen LogP contribution in [0.2, 0.25) is 0 Å². The molecule has 3 nitrogen and oxygen atoms in total. The first-order valence-electron chi connectivity index (χ1n) is 23.2. The van der Waals surface area contributed by atoms with E-state index in [9.17, 15) is 0 Å². The van der Waals surface area contributed by atoms with Crippen molar-refractivity contribution in [2.24, 2.45) is 0 Å². The molecule has 0 radical (unpaired) electrons. The number of thiophene rings is 1. The lowest BCUT2D eigenvalue weighted by Crippen LogP contribution is -1.93. The standard InChI is InChI=1S/C64H37N3S/c1-3-13-45-38(10-1)27-29-54-52(45)32-33-57-62(54)66-64-63-56(60-48-14-4-2-11-39(48)28-34-59(60)68-63)37-58(67(57)64)43-25-23-41(24-26-43)47-31-30-46(49-15-5-6-16-50(47)49)40-19-21-42(22-20-40)55-36-44-12-9-35-65-61(44)53-18-8-7-17-51(53)55/h1-37H. The van der Waals surface area contributed by atoms with Gasteiger partial charge in [0.1, 0.15) is 0 Å². The molecule has 0 saturated heterocycles. The Bertz CT molecular complexity index is 4600. The smallest absolute Gasteiger partial charge is 0.156 e. The maximum absolute atomic E-state index is 5.59. The molecule has 0 spiro atoms. The van der Waals surface area contributed by atoms with Crippen molar-refractivity contribution in [3.05, 3.63) is 225 Å². The van der Waals surface area contributed by atoms with Crippen LogP contribution < -0.4 is 0 Å². The summed E-state index contributed by atoms with van der Waals surface area (Å²) in [6.45, 7) is 0. The maximum atomic E-state index is 5.59. The summed E-state index contributed by atoms with van der Waals surface area (Å²) in [5, 5.41) is 16.0. The van der Waals surface area contributed by atoms with Gasteiger partial charge in [-0.05, 0) is 112 Å². The Hall–Kier alpha value is -8.70. The van der Waals surface area contributed by atoms with E-state index >= 15 is 0 Å². The highest BCUT2D eigenvalue weighted by Gasteiger charge is 2.21. The molecule has 0 aliphatic carbocycles. The van der Waals surface area contributed by atoms with Crippen LogP contribution in [0.25, 0.3) is 146 Å². The van der Waals surface area contributed by atoms with Crippen molar-refractivity contribution in [2.45, 2.75) is 0 Å². The van der Waals surface area contributed by atoms with Gasteiger partial charge in [0.15, 0.2) is 5.65 Å².